The highest BCUT2D eigenvalue weighted by Gasteiger charge is 2.32. The Bertz CT molecular complexity index is 449. The highest BCUT2D eigenvalue weighted by atomic mass is 15.2. The topological polar surface area (TPSA) is 15.3 Å². The quantitative estimate of drug-likeness (QED) is 0.869. The summed E-state index contributed by atoms with van der Waals surface area (Å²) in [4.78, 5) is 2.60. The Labute approximate surface area is 124 Å². The Kier molecular flexibility index (Phi) is 4.74. The Morgan fingerprint density at radius 3 is 2.65 bits per heavy atom. The first kappa shape index (κ1) is 15.4. The maximum Gasteiger partial charge on any atom is 0.0416 e. The number of hydrogen-bond donors (Lipinski definition) is 1. The predicted molar refractivity (Wildman–Crippen MR) is 88.4 cm³/mol. The third-order valence-electron chi connectivity index (χ3n) is 4.29. The Morgan fingerprint density at radius 1 is 1.30 bits per heavy atom. The molecule has 1 saturated heterocycles. The molecule has 0 amide bonds. The van der Waals surface area contributed by atoms with Gasteiger partial charge in [0.15, 0.2) is 0 Å². The summed E-state index contributed by atoms with van der Waals surface area (Å²) in [6.45, 7) is 14.7. The molecule has 0 bridgehead atoms. The van der Waals surface area contributed by atoms with E-state index in [-0.39, 0.29) is 0 Å². The van der Waals surface area contributed by atoms with Crippen molar-refractivity contribution in [1.82, 2.24) is 5.32 Å². The van der Waals surface area contributed by atoms with E-state index in [2.05, 4.69) is 63.0 Å². The van der Waals surface area contributed by atoms with Gasteiger partial charge in [0, 0.05) is 24.3 Å². The van der Waals surface area contributed by atoms with Gasteiger partial charge in [-0.05, 0) is 57.7 Å². The first-order valence-corrected chi connectivity index (χ1v) is 7.98. The normalized spacial score (nSPS) is 18.0. The second kappa shape index (κ2) is 6.17. The zero-order valence-electron chi connectivity index (χ0n) is 13.8. The van der Waals surface area contributed by atoms with Gasteiger partial charge in [-0.25, -0.2) is 0 Å². The lowest BCUT2D eigenvalue weighted by Gasteiger charge is -2.35. The van der Waals surface area contributed by atoms with Crippen LogP contribution < -0.4 is 10.2 Å². The van der Waals surface area contributed by atoms with Crippen molar-refractivity contribution in [2.45, 2.75) is 59.5 Å². The highest BCUT2D eigenvalue weighted by molar-refractivity contribution is 5.57. The zero-order chi connectivity index (χ0) is 14.8. The van der Waals surface area contributed by atoms with Gasteiger partial charge in [0.2, 0.25) is 0 Å². The van der Waals surface area contributed by atoms with Crippen LogP contribution >= 0.6 is 0 Å². The molecule has 2 nitrogen and oxygen atoms in total. The maximum atomic E-state index is 3.59. The smallest absolute Gasteiger partial charge is 0.0416 e. The lowest BCUT2D eigenvalue weighted by molar-refractivity contribution is 0.513. The standard InChI is InChI=1S/C18H30N2/c1-14(2)12-19-13-16-11-15(3)7-8-17(16)20-10-6-9-18(20,4)5/h7-8,11,14,19H,6,9-10,12-13H2,1-5H3. The fourth-order valence-electron chi connectivity index (χ4n) is 3.17. The molecule has 112 valence electrons. The largest absolute Gasteiger partial charge is 0.366 e. The summed E-state index contributed by atoms with van der Waals surface area (Å²) in [7, 11) is 0. The lowest BCUT2D eigenvalue weighted by Crippen LogP contribution is -2.39. The van der Waals surface area contributed by atoms with Crippen molar-refractivity contribution in [3.63, 3.8) is 0 Å². The monoisotopic (exact) mass is 274 g/mol. The van der Waals surface area contributed by atoms with E-state index in [1.165, 1.54) is 36.2 Å². The number of benzene rings is 1. The van der Waals surface area contributed by atoms with Crippen LogP contribution in [0.15, 0.2) is 18.2 Å². The summed E-state index contributed by atoms with van der Waals surface area (Å²) in [6, 6.07) is 6.90. The van der Waals surface area contributed by atoms with Gasteiger partial charge in [0.25, 0.3) is 0 Å². The molecular formula is C18H30N2. The fraction of sp³-hybridized carbons (Fsp3) is 0.667. The van der Waals surface area contributed by atoms with E-state index in [0.29, 0.717) is 11.5 Å². The van der Waals surface area contributed by atoms with Gasteiger partial charge in [0.1, 0.15) is 0 Å². The minimum Gasteiger partial charge on any atom is -0.366 e. The summed E-state index contributed by atoms with van der Waals surface area (Å²) in [5, 5.41) is 3.59. The van der Waals surface area contributed by atoms with Crippen molar-refractivity contribution in [1.29, 1.82) is 0 Å². The lowest BCUT2D eigenvalue weighted by atomic mass is 9.99. The van der Waals surface area contributed by atoms with Gasteiger partial charge >= 0.3 is 0 Å². The fourth-order valence-corrected chi connectivity index (χ4v) is 3.17. The molecule has 0 atom stereocenters. The van der Waals surface area contributed by atoms with Crippen molar-refractivity contribution in [3.05, 3.63) is 29.3 Å². The van der Waals surface area contributed by atoms with E-state index in [9.17, 15) is 0 Å². The maximum absolute atomic E-state index is 3.59. The van der Waals surface area contributed by atoms with Crippen molar-refractivity contribution in [2.75, 3.05) is 18.0 Å². The Morgan fingerprint density at radius 2 is 2.05 bits per heavy atom. The molecule has 1 aromatic rings. The van der Waals surface area contributed by atoms with E-state index in [4.69, 9.17) is 0 Å². The summed E-state index contributed by atoms with van der Waals surface area (Å²) in [5.74, 6) is 0.700. The van der Waals surface area contributed by atoms with Crippen molar-refractivity contribution < 1.29 is 0 Å². The van der Waals surface area contributed by atoms with E-state index in [1.807, 2.05) is 0 Å². The summed E-state index contributed by atoms with van der Waals surface area (Å²) in [6.07, 6.45) is 2.60. The second-order valence-electron chi connectivity index (χ2n) is 7.22. The number of anilines is 1. The van der Waals surface area contributed by atoms with E-state index in [1.54, 1.807) is 0 Å². The molecule has 0 saturated carbocycles. The SMILES string of the molecule is Cc1ccc(N2CCCC2(C)C)c(CNCC(C)C)c1. The molecule has 1 aromatic carbocycles. The summed E-state index contributed by atoms with van der Waals surface area (Å²) < 4.78 is 0. The van der Waals surface area contributed by atoms with Gasteiger partial charge in [-0.2, -0.15) is 0 Å². The van der Waals surface area contributed by atoms with Crippen molar-refractivity contribution in [3.8, 4) is 0 Å². The summed E-state index contributed by atoms with van der Waals surface area (Å²) in [5.41, 5.74) is 4.52. The molecule has 1 aliphatic heterocycles. The van der Waals surface area contributed by atoms with Crippen LogP contribution in [0.3, 0.4) is 0 Å². The van der Waals surface area contributed by atoms with Crippen LogP contribution in [0, 0.1) is 12.8 Å². The van der Waals surface area contributed by atoms with Crippen LogP contribution in [0.5, 0.6) is 0 Å². The van der Waals surface area contributed by atoms with Crippen molar-refractivity contribution in [2.24, 2.45) is 5.92 Å². The molecule has 2 rings (SSSR count). The molecule has 0 radical (unpaired) electrons. The molecule has 1 aliphatic rings. The molecule has 1 N–H and O–H groups in total. The number of rotatable bonds is 5. The van der Waals surface area contributed by atoms with Crippen LogP contribution in [0.25, 0.3) is 0 Å². The van der Waals surface area contributed by atoms with Crippen LogP contribution in [0.1, 0.15) is 51.7 Å². The third-order valence-corrected chi connectivity index (χ3v) is 4.29. The molecule has 20 heavy (non-hydrogen) atoms. The minimum absolute atomic E-state index is 0.294. The number of aryl methyl sites for hydroxylation is 1. The number of nitrogens with one attached hydrogen (secondary N) is 1. The highest BCUT2D eigenvalue weighted by Crippen LogP contribution is 2.35. The van der Waals surface area contributed by atoms with Gasteiger partial charge in [0.05, 0.1) is 0 Å². The Balaban J connectivity index is 2.19. The van der Waals surface area contributed by atoms with E-state index < -0.39 is 0 Å². The zero-order valence-corrected chi connectivity index (χ0v) is 13.8. The van der Waals surface area contributed by atoms with E-state index >= 15 is 0 Å². The second-order valence-corrected chi connectivity index (χ2v) is 7.22. The minimum atomic E-state index is 0.294. The predicted octanol–water partition coefficient (Wildman–Crippen LogP) is 4.12. The third kappa shape index (κ3) is 3.54. The molecular weight excluding hydrogens is 244 g/mol. The van der Waals surface area contributed by atoms with E-state index in [0.717, 1.165) is 13.1 Å². The molecule has 1 heterocycles. The van der Waals surface area contributed by atoms with Gasteiger partial charge < -0.3 is 10.2 Å². The van der Waals surface area contributed by atoms with Crippen LogP contribution in [0.2, 0.25) is 0 Å². The number of nitrogens with zero attached hydrogens (tertiary/aromatic N) is 1. The van der Waals surface area contributed by atoms with Crippen LogP contribution in [-0.2, 0) is 6.54 Å². The molecule has 2 heteroatoms. The average Bonchev–Trinajstić information content (AvgIpc) is 2.69. The Hall–Kier alpha value is -1.02. The molecule has 0 unspecified atom stereocenters. The average molecular weight is 274 g/mol. The summed E-state index contributed by atoms with van der Waals surface area (Å²) >= 11 is 0. The van der Waals surface area contributed by atoms with Gasteiger partial charge in [-0.3, -0.25) is 0 Å². The number of hydrogen-bond acceptors (Lipinski definition) is 2. The molecule has 0 aliphatic carbocycles. The van der Waals surface area contributed by atoms with Crippen LogP contribution in [0.4, 0.5) is 5.69 Å². The van der Waals surface area contributed by atoms with Gasteiger partial charge in [-0.15, -0.1) is 0 Å². The molecule has 1 fully saturated rings. The molecule has 0 aromatic heterocycles. The van der Waals surface area contributed by atoms with Crippen LogP contribution in [-0.4, -0.2) is 18.6 Å². The van der Waals surface area contributed by atoms with Gasteiger partial charge in [-0.1, -0.05) is 31.5 Å². The first-order chi connectivity index (χ1) is 9.40. The molecule has 0 spiro atoms. The van der Waals surface area contributed by atoms with Crippen molar-refractivity contribution >= 4 is 5.69 Å². The first-order valence-electron chi connectivity index (χ1n) is 7.98.